The predicted octanol–water partition coefficient (Wildman–Crippen LogP) is -0.0396. The van der Waals surface area contributed by atoms with E-state index < -0.39 is 11.6 Å². The Bertz CT molecular complexity index is 1200. The van der Waals surface area contributed by atoms with Gasteiger partial charge in [0.05, 0.1) is 115 Å². The van der Waals surface area contributed by atoms with Gasteiger partial charge in [0.15, 0.2) is 0 Å². The minimum atomic E-state index is -0.561. The van der Waals surface area contributed by atoms with Crippen LogP contribution >= 0.6 is 0 Å². The summed E-state index contributed by atoms with van der Waals surface area (Å²) in [5.41, 5.74) is 0.687. The second kappa shape index (κ2) is 24.7. The Morgan fingerprint density at radius 1 is 0.420 bits per heavy atom. The number of phenolic OH excluding ortho intramolecular Hbond substituents is 2. The maximum Gasteiger partial charge on any atom is 0.200 e. The van der Waals surface area contributed by atoms with Gasteiger partial charge >= 0.3 is 0 Å². The fraction of sp³-hybridized carbons (Fsp3) is 0.588. The molecule has 0 aliphatic heterocycles. The lowest BCUT2D eigenvalue weighted by molar-refractivity contribution is 0.00824. The highest BCUT2D eigenvalue weighted by Gasteiger charge is 2.37. The predicted molar refractivity (Wildman–Crippen MR) is 185 cm³/mol. The Kier molecular flexibility index (Phi) is 20.2. The molecule has 3 rings (SSSR count). The Balaban J connectivity index is 1.45. The lowest BCUT2D eigenvalue weighted by Crippen LogP contribution is -2.29. The minimum absolute atomic E-state index is 0.0130. The minimum Gasteiger partial charge on any atom is -0.507 e. The van der Waals surface area contributed by atoms with Gasteiger partial charge in [-0.25, -0.2) is 0 Å². The van der Waals surface area contributed by atoms with Crippen LogP contribution in [0.2, 0.25) is 0 Å². The molecule has 1 aliphatic carbocycles. The zero-order valence-electron chi connectivity index (χ0n) is 28.5. The van der Waals surface area contributed by atoms with Gasteiger partial charge in [0.1, 0.15) is 11.5 Å². The third-order valence-electron chi connectivity index (χ3n) is 7.32. The second-order valence-electron chi connectivity index (χ2n) is 10.9. The molecular formula is C34H52N4O12. The number of rotatable bonds is 30. The number of carbonyl (C=O) groups excluding carboxylic acids is 2. The van der Waals surface area contributed by atoms with E-state index in [9.17, 15) is 19.8 Å². The molecule has 0 amide bonds. The molecule has 0 saturated heterocycles. The first-order valence-electron chi connectivity index (χ1n) is 16.9. The van der Waals surface area contributed by atoms with E-state index in [0.29, 0.717) is 130 Å². The summed E-state index contributed by atoms with van der Waals surface area (Å²) in [7, 11) is 0. The molecule has 16 nitrogen and oxygen atoms in total. The van der Waals surface area contributed by atoms with Crippen LogP contribution < -0.4 is 21.3 Å². The number of aliphatic hydroxyl groups is 2. The van der Waals surface area contributed by atoms with Crippen LogP contribution in [0.25, 0.3) is 0 Å². The third kappa shape index (κ3) is 13.7. The fourth-order valence-electron chi connectivity index (χ4n) is 4.98. The molecule has 280 valence electrons. The number of anilines is 2. The molecule has 0 spiro atoms. The first-order chi connectivity index (χ1) is 24.5. The van der Waals surface area contributed by atoms with Gasteiger partial charge in [-0.1, -0.05) is 0 Å². The number of nitrogens with one attached hydrogen (secondary N) is 4. The normalized spacial score (nSPS) is 12.3. The van der Waals surface area contributed by atoms with Gasteiger partial charge in [-0.05, 0) is 24.3 Å². The molecule has 0 heterocycles. The lowest BCUT2D eigenvalue weighted by Gasteiger charge is -2.25. The van der Waals surface area contributed by atoms with Gasteiger partial charge in [0, 0.05) is 50.6 Å². The van der Waals surface area contributed by atoms with Gasteiger partial charge in [-0.15, -0.1) is 0 Å². The standard InChI is InChI=1S/C34H52N4O12/c39-11-15-47-19-23-49-21-17-45-13-9-35-5-7-37-25-1-2-26(38-8-6-36-10-14-46-18-22-50-24-20-48-16-12-40)30-29(25)33(43)31-27(41)3-4-28(42)32(31)34(30)44/h1-4,35-42H,5-24H2. The Hall–Kier alpha value is -3.42. The van der Waals surface area contributed by atoms with Gasteiger partial charge in [-0.2, -0.15) is 0 Å². The SMILES string of the molecule is O=C1c2c(O)ccc(O)c2C(=O)c2c(NCCNCCOCCOCCOCCO)ccc(NCCNCCOCCOCCOCCO)c21. The molecule has 0 saturated carbocycles. The second-order valence-corrected chi connectivity index (χ2v) is 10.9. The molecule has 0 atom stereocenters. The molecular weight excluding hydrogens is 656 g/mol. The summed E-state index contributed by atoms with van der Waals surface area (Å²) in [6.07, 6.45) is 0. The van der Waals surface area contributed by atoms with Crippen LogP contribution in [0.3, 0.4) is 0 Å². The monoisotopic (exact) mass is 708 g/mol. The smallest absolute Gasteiger partial charge is 0.200 e. The maximum absolute atomic E-state index is 13.7. The number of hydrogen-bond acceptors (Lipinski definition) is 16. The van der Waals surface area contributed by atoms with E-state index in [2.05, 4.69) is 21.3 Å². The number of ketones is 2. The third-order valence-corrected chi connectivity index (χ3v) is 7.32. The van der Waals surface area contributed by atoms with Crippen molar-refractivity contribution in [2.75, 3.05) is 142 Å². The fourth-order valence-corrected chi connectivity index (χ4v) is 4.98. The first kappa shape index (κ1) is 41.0. The van der Waals surface area contributed by atoms with Crippen LogP contribution in [-0.2, 0) is 28.4 Å². The van der Waals surface area contributed by atoms with E-state index in [1.54, 1.807) is 12.1 Å². The molecule has 8 N–H and O–H groups in total. The molecule has 0 aromatic heterocycles. The molecule has 0 fully saturated rings. The van der Waals surface area contributed by atoms with Crippen LogP contribution in [0.15, 0.2) is 24.3 Å². The van der Waals surface area contributed by atoms with Crippen molar-refractivity contribution in [3.63, 3.8) is 0 Å². The van der Waals surface area contributed by atoms with Gasteiger partial charge in [0.2, 0.25) is 11.6 Å². The zero-order chi connectivity index (χ0) is 35.8. The molecule has 0 radical (unpaired) electrons. The van der Waals surface area contributed by atoms with Gasteiger partial charge in [-0.3, -0.25) is 9.59 Å². The zero-order valence-corrected chi connectivity index (χ0v) is 28.5. The van der Waals surface area contributed by atoms with Crippen molar-refractivity contribution in [2.24, 2.45) is 0 Å². The molecule has 2 aromatic rings. The highest BCUT2D eigenvalue weighted by molar-refractivity contribution is 6.33. The van der Waals surface area contributed by atoms with Crippen molar-refractivity contribution in [3.05, 3.63) is 46.5 Å². The van der Waals surface area contributed by atoms with E-state index in [1.165, 1.54) is 12.1 Å². The van der Waals surface area contributed by atoms with Gasteiger partial charge < -0.3 is 70.1 Å². The molecule has 0 unspecified atom stereocenters. The van der Waals surface area contributed by atoms with Crippen LogP contribution in [0.1, 0.15) is 31.8 Å². The number of ether oxygens (including phenoxy) is 6. The Labute approximate surface area is 292 Å². The highest BCUT2D eigenvalue weighted by atomic mass is 16.6. The number of aliphatic hydroxyl groups excluding tert-OH is 2. The number of aromatic hydroxyl groups is 2. The van der Waals surface area contributed by atoms with Crippen LogP contribution in [0, 0.1) is 0 Å². The van der Waals surface area contributed by atoms with Crippen molar-refractivity contribution < 1.29 is 58.4 Å². The number of carbonyl (C=O) groups is 2. The number of hydrogen-bond donors (Lipinski definition) is 8. The number of phenols is 2. The average Bonchev–Trinajstić information content (AvgIpc) is 3.11. The maximum atomic E-state index is 13.7. The van der Waals surface area contributed by atoms with E-state index in [0.717, 1.165) is 0 Å². The van der Waals surface area contributed by atoms with Crippen molar-refractivity contribution >= 4 is 22.9 Å². The largest absolute Gasteiger partial charge is 0.507 e. The summed E-state index contributed by atoms with van der Waals surface area (Å²) in [6, 6.07) is 5.84. The van der Waals surface area contributed by atoms with Crippen molar-refractivity contribution in [1.82, 2.24) is 10.6 Å². The first-order valence-corrected chi connectivity index (χ1v) is 16.9. The van der Waals surface area contributed by atoms with E-state index in [4.69, 9.17) is 38.6 Å². The van der Waals surface area contributed by atoms with Crippen LogP contribution in [0.5, 0.6) is 11.5 Å². The summed E-state index contributed by atoms with van der Waals surface area (Å²) in [5, 5.41) is 51.3. The summed E-state index contributed by atoms with van der Waals surface area (Å²) in [5.74, 6) is -1.87. The van der Waals surface area contributed by atoms with E-state index >= 15 is 0 Å². The average molecular weight is 709 g/mol. The summed E-state index contributed by atoms with van der Waals surface area (Å²) in [4.78, 5) is 27.5. The lowest BCUT2D eigenvalue weighted by atomic mass is 9.81. The molecule has 1 aliphatic rings. The van der Waals surface area contributed by atoms with E-state index in [1.807, 2.05) is 0 Å². The topological polar surface area (TPSA) is 219 Å². The summed E-state index contributed by atoms with van der Waals surface area (Å²) >= 11 is 0. The van der Waals surface area contributed by atoms with Crippen molar-refractivity contribution in [3.8, 4) is 11.5 Å². The van der Waals surface area contributed by atoms with Gasteiger partial charge in [0.25, 0.3) is 0 Å². The van der Waals surface area contributed by atoms with E-state index in [-0.39, 0.29) is 47.0 Å². The Morgan fingerprint density at radius 2 is 0.760 bits per heavy atom. The number of benzene rings is 2. The molecule has 0 bridgehead atoms. The molecule has 16 heteroatoms. The summed E-state index contributed by atoms with van der Waals surface area (Å²) < 4.78 is 32.1. The van der Waals surface area contributed by atoms with Crippen molar-refractivity contribution in [1.29, 1.82) is 0 Å². The summed E-state index contributed by atoms with van der Waals surface area (Å²) in [6.45, 7) is 8.16. The number of fused-ring (bicyclic) bond motifs is 2. The quantitative estimate of drug-likeness (QED) is 0.0337. The highest BCUT2D eigenvalue weighted by Crippen LogP contribution is 2.42. The Morgan fingerprint density at radius 3 is 1.12 bits per heavy atom. The van der Waals surface area contributed by atoms with Crippen LogP contribution in [-0.4, -0.2) is 164 Å². The molecule has 2 aromatic carbocycles. The molecule has 50 heavy (non-hydrogen) atoms. The van der Waals surface area contributed by atoms with Crippen LogP contribution in [0.4, 0.5) is 11.4 Å². The van der Waals surface area contributed by atoms with Crippen molar-refractivity contribution in [2.45, 2.75) is 0 Å².